The Morgan fingerprint density at radius 2 is 1.40 bits per heavy atom. The minimum absolute atomic E-state index is 0.0275. The molecule has 0 heterocycles. The van der Waals surface area contributed by atoms with Crippen molar-refractivity contribution in [3.05, 3.63) is 94.3 Å². The molecule has 0 atom stereocenters. The zero-order chi connectivity index (χ0) is 21.5. The van der Waals surface area contributed by atoms with Crippen molar-refractivity contribution in [2.75, 3.05) is 0 Å². The van der Waals surface area contributed by atoms with Crippen molar-refractivity contribution in [2.45, 2.75) is 32.6 Å². The Hall–Kier alpha value is -3.50. The predicted octanol–water partition coefficient (Wildman–Crippen LogP) is 6.78. The summed E-state index contributed by atoms with van der Waals surface area (Å²) < 4.78 is 42.2. The monoisotopic (exact) mass is 403 g/mol. The lowest BCUT2D eigenvalue weighted by atomic mass is 10.0. The smallest absolute Gasteiger partial charge is 0.144 e. The van der Waals surface area contributed by atoms with E-state index in [0.717, 1.165) is 24.1 Å². The average Bonchev–Trinajstić information content (AvgIpc) is 2.73. The summed E-state index contributed by atoms with van der Waals surface area (Å²) in [5.74, 6) is 3.23. The number of unbranched alkanes of at least 4 members (excludes halogenated alkanes) is 2. The molecule has 3 rings (SSSR count). The van der Waals surface area contributed by atoms with Crippen LogP contribution in [0.15, 0.2) is 54.6 Å². The fourth-order valence-corrected chi connectivity index (χ4v) is 3.14. The van der Waals surface area contributed by atoms with Crippen molar-refractivity contribution >= 4 is 0 Å². The summed E-state index contributed by atoms with van der Waals surface area (Å²) in [6.45, 7) is 2.18. The molecular formula is C26H20F3N. The molecule has 0 radical (unpaired) electrons. The van der Waals surface area contributed by atoms with E-state index in [1.165, 1.54) is 43.0 Å². The molecule has 0 aliphatic heterocycles. The van der Waals surface area contributed by atoms with Gasteiger partial charge >= 0.3 is 0 Å². The van der Waals surface area contributed by atoms with Gasteiger partial charge < -0.3 is 0 Å². The summed E-state index contributed by atoms with van der Waals surface area (Å²) in [4.78, 5) is 0. The van der Waals surface area contributed by atoms with Gasteiger partial charge in [0.05, 0.1) is 0 Å². The lowest BCUT2D eigenvalue weighted by Crippen LogP contribution is -1.94. The molecule has 4 heteroatoms. The summed E-state index contributed by atoms with van der Waals surface area (Å²) in [7, 11) is 0. The van der Waals surface area contributed by atoms with Crippen LogP contribution in [0.5, 0.6) is 0 Å². The van der Waals surface area contributed by atoms with Crippen molar-refractivity contribution in [3.63, 3.8) is 0 Å². The Balaban J connectivity index is 1.78. The van der Waals surface area contributed by atoms with Gasteiger partial charge in [-0.25, -0.2) is 13.2 Å². The van der Waals surface area contributed by atoms with Crippen LogP contribution >= 0.6 is 0 Å². The molecule has 0 N–H and O–H groups in total. The molecule has 0 saturated carbocycles. The molecular weight excluding hydrogens is 383 g/mol. The first-order valence-corrected chi connectivity index (χ1v) is 9.82. The molecule has 0 unspecified atom stereocenters. The van der Waals surface area contributed by atoms with E-state index in [-0.39, 0.29) is 11.1 Å². The maximum Gasteiger partial charge on any atom is 0.144 e. The van der Waals surface area contributed by atoms with E-state index in [2.05, 4.69) is 30.9 Å². The number of aryl methyl sites for hydroxylation is 1. The lowest BCUT2D eigenvalue weighted by molar-refractivity contribution is 0.577. The van der Waals surface area contributed by atoms with E-state index in [4.69, 9.17) is 5.26 Å². The van der Waals surface area contributed by atoms with E-state index in [0.29, 0.717) is 5.56 Å². The minimum Gasteiger partial charge on any atom is -0.206 e. The highest BCUT2D eigenvalue weighted by Gasteiger charge is 2.14. The van der Waals surface area contributed by atoms with Crippen LogP contribution in [0, 0.1) is 40.6 Å². The molecule has 0 amide bonds. The van der Waals surface area contributed by atoms with Crippen LogP contribution in [0.1, 0.15) is 48.4 Å². The number of hydrogen-bond acceptors (Lipinski definition) is 1. The third kappa shape index (κ3) is 5.10. The first-order chi connectivity index (χ1) is 14.5. The van der Waals surface area contributed by atoms with Gasteiger partial charge in [0.2, 0.25) is 0 Å². The van der Waals surface area contributed by atoms with E-state index >= 15 is 0 Å². The van der Waals surface area contributed by atoms with Crippen LogP contribution in [-0.4, -0.2) is 0 Å². The molecule has 0 saturated heterocycles. The Kier molecular flexibility index (Phi) is 6.94. The van der Waals surface area contributed by atoms with Crippen LogP contribution < -0.4 is 0 Å². The molecule has 1 nitrogen and oxygen atoms in total. The van der Waals surface area contributed by atoms with E-state index < -0.39 is 23.0 Å². The number of nitrogens with zero attached hydrogens (tertiary/aromatic N) is 1. The molecule has 3 aromatic carbocycles. The van der Waals surface area contributed by atoms with Gasteiger partial charge in [0, 0.05) is 16.7 Å². The molecule has 150 valence electrons. The second-order valence-electron chi connectivity index (χ2n) is 7.03. The van der Waals surface area contributed by atoms with Gasteiger partial charge in [-0.1, -0.05) is 49.8 Å². The molecule has 0 aliphatic rings. The summed E-state index contributed by atoms with van der Waals surface area (Å²) in [5, 5.41) is 8.75. The number of benzene rings is 3. The minimum atomic E-state index is -1.02. The molecule has 3 aromatic rings. The van der Waals surface area contributed by atoms with Crippen LogP contribution in [0.2, 0.25) is 0 Å². The van der Waals surface area contributed by atoms with Gasteiger partial charge in [-0.15, -0.1) is 0 Å². The third-order valence-electron chi connectivity index (χ3n) is 4.81. The Labute approximate surface area is 174 Å². The van der Waals surface area contributed by atoms with Gasteiger partial charge in [0.25, 0.3) is 0 Å². The van der Waals surface area contributed by atoms with Gasteiger partial charge in [0.1, 0.15) is 29.1 Å². The maximum absolute atomic E-state index is 14.5. The van der Waals surface area contributed by atoms with Crippen molar-refractivity contribution in [2.24, 2.45) is 0 Å². The SMILES string of the molecule is CCCCCc1ccc(C#Cc2ccc(-c3cc(F)c(C#N)c(F)c3)c(F)c2)cc1. The molecule has 0 fully saturated rings. The van der Waals surface area contributed by atoms with Crippen molar-refractivity contribution in [1.29, 1.82) is 5.26 Å². The zero-order valence-electron chi connectivity index (χ0n) is 16.6. The second kappa shape index (κ2) is 9.81. The number of halogens is 3. The van der Waals surface area contributed by atoms with Crippen molar-refractivity contribution in [1.82, 2.24) is 0 Å². The van der Waals surface area contributed by atoms with Gasteiger partial charge in [-0.3, -0.25) is 0 Å². The van der Waals surface area contributed by atoms with E-state index in [1.54, 1.807) is 6.07 Å². The lowest BCUT2D eigenvalue weighted by Gasteiger charge is -2.06. The van der Waals surface area contributed by atoms with Crippen LogP contribution in [-0.2, 0) is 6.42 Å². The summed E-state index contributed by atoms with van der Waals surface area (Å²) >= 11 is 0. The van der Waals surface area contributed by atoms with Gasteiger partial charge in [0.15, 0.2) is 0 Å². The van der Waals surface area contributed by atoms with Crippen LogP contribution in [0.4, 0.5) is 13.2 Å². The summed E-state index contributed by atoms with van der Waals surface area (Å²) in [6, 6.07) is 15.6. The quantitative estimate of drug-likeness (QED) is 0.340. The molecule has 0 aliphatic carbocycles. The Bertz CT molecular complexity index is 1120. The number of nitriles is 1. The van der Waals surface area contributed by atoms with Gasteiger partial charge in [-0.05, 0) is 60.4 Å². The fraction of sp³-hybridized carbons (Fsp3) is 0.192. The normalized spacial score (nSPS) is 10.2. The largest absolute Gasteiger partial charge is 0.206 e. The fourth-order valence-electron chi connectivity index (χ4n) is 3.14. The first-order valence-electron chi connectivity index (χ1n) is 9.82. The maximum atomic E-state index is 14.5. The molecule has 0 bridgehead atoms. The van der Waals surface area contributed by atoms with E-state index in [9.17, 15) is 13.2 Å². The highest BCUT2D eigenvalue weighted by atomic mass is 19.1. The van der Waals surface area contributed by atoms with Crippen LogP contribution in [0.25, 0.3) is 11.1 Å². The number of hydrogen-bond donors (Lipinski definition) is 0. The standard InChI is InChI=1S/C26H20F3N/c1-2-3-4-5-18-6-8-19(9-7-18)10-11-20-12-13-22(24(27)14-20)21-15-25(28)23(17-30)26(29)16-21/h6-9,12-16H,2-5H2,1H3. The molecule has 0 aromatic heterocycles. The van der Waals surface area contributed by atoms with Crippen molar-refractivity contribution < 1.29 is 13.2 Å². The zero-order valence-corrected chi connectivity index (χ0v) is 16.6. The predicted molar refractivity (Wildman–Crippen MR) is 112 cm³/mol. The summed E-state index contributed by atoms with van der Waals surface area (Å²) in [5.41, 5.74) is 1.94. The molecule has 30 heavy (non-hydrogen) atoms. The average molecular weight is 403 g/mol. The van der Waals surface area contributed by atoms with Crippen LogP contribution in [0.3, 0.4) is 0 Å². The number of rotatable bonds is 5. The Morgan fingerprint density at radius 1 is 0.767 bits per heavy atom. The van der Waals surface area contributed by atoms with Crippen molar-refractivity contribution in [3.8, 4) is 29.0 Å². The Morgan fingerprint density at radius 3 is 2.00 bits per heavy atom. The van der Waals surface area contributed by atoms with Gasteiger partial charge in [-0.2, -0.15) is 5.26 Å². The first kappa shape index (κ1) is 21.2. The third-order valence-corrected chi connectivity index (χ3v) is 4.81. The topological polar surface area (TPSA) is 23.8 Å². The highest BCUT2D eigenvalue weighted by Crippen LogP contribution is 2.27. The molecule has 0 spiro atoms. The summed E-state index contributed by atoms with van der Waals surface area (Å²) in [6.07, 6.45) is 4.61. The van der Waals surface area contributed by atoms with E-state index in [1.807, 2.05) is 12.1 Å². The second-order valence-corrected chi connectivity index (χ2v) is 7.03. The highest BCUT2D eigenvalue weighted by molar-refractivity contribution is 5.66.